The van der Waals surface area contributed by atoms with Crippen LogP contribution in [0.5, 0.6) is 11.6 Å². The third kappa shape index (κ3) is 8.79. The molecule has 0 saturated carbocycles. The largest absolute Gasteiger partial charge is 0.494 e. The standard InChI is InChI=1S/C26H38ClN7O4S/c1-7-24(35)29-20-15-21(23(37-5)16-22(20)33(4)14-13-32(2)3)30-26-28-17-19(27)25(31-26)38-18-9-8-11-34(12-10-18)39(6)36/h7,15-18H,1,8-14H2,2-6H3,(H,29,35)(H,28,30,31). The normalized spacial score (nSPS) is 16.7. The van der Waals surface area contributed by atoms with Crippen molar-refractivity contribution in [2.75, 3.05) is 76.2 Å². The molecule has 1 saturated heterocycles. The number of likely N-dealkylation sites (N-methyl/N-ethyl adjacent to an activating group) is 2. The number of carbonyl (C=O) groups is 1. The zero-order valence-corrected chi connectivity index (χ0v) is 24.8. The summed E-state index contributed by atoms with van der Waals surface area (Å²) in [5.41, 5.74) is 1.91. The Morgan fingerprint density at radius 3 is 2.69 bits per heavy atom. The van der Waals surface area contributed by atoms with E-state index in [1.54, 1.807) is 19.4 Å². The third-order valence-corrected chi connectivity index (χ3v) is 7.64. The van der Waals surface area contributed by atoms with Crippen molar-refractivity contribution in [3.63, 3.8) is 0 Å². The van der Waals surface area contributed by atoms with Gasteiger partial charge < -0.3 is 29.9 Å². The monoisotopic (exact) mass is 579 g/mol. The summed E-state index contributed by atoms with van der Waals surface area (Å²) in [6, 6.07) is 3.62. The molecule has 2 atom stereocenters. The number of rotatable bonds is 12. The van der Waals surface area contributed by atoms with Crippen LogP contribution >= 0.6 is 11.6 Å². The zero-order valence-electron chi connectivity index (χ0n) is 23.2. The van der Waals surface area contributed by atoms with Gasteiger partial charge in [-0.1, -0.05) is 18.2 Å². The highest BCUT2D eigenvalue weighted by Gasteiger charge is 2.22. The Kier molecular flexibility index (Phi) is 11.3. The molecule has 1 fully saturated rings. The number of hydrogen-bond acceptors (Lipinski definition) is 9. The maximum absolute atomic E-state index is 12.2. The Labute approximate surface area is 238 Å². The van der Waals surface area contributed by atoms with Crippen LogP contribution in [0.25, 0.3) is 0 Å². The molecule has 2 heterocycles. The highest BCUT2D eigenvalue weighted by atomic mass is 35.5. The summed E-state index contributed by atoms with van der Waals surface area (Å²) >= 11 is 6.38. The van der Waals surface area contributed by atoms with Crippen LogP contribution in [0.3, 0.4) is 0 Å². The van der Waals surface area contributed by atoms with E-state index in [0.29, 0.717) is 35.1 Å². The maximum Gasteiger partial charge on any atom is 0.247 e. The first kappa shape index (κ1) is 30.6. The van der Waals surface area contributed by atoms with Crippen LogP contribution in [-0.4, -0.2) is 96.1 Å². The topological polar surface area (TPSA) is 112 Å². The lowest BCUT2D eigenvalue weighted by atomic mass is 10.2. The molecule has 11 nitrogen and oxygen atoms in total. The Bertz CT molecular complexity index is 1180. The fraction of sp³-hybridized carbons (Fsp3) is 0.500. The van der Waals surface area contributed by atoms with E-state index in [1.165, 1.54) is 12.3 Å². The first-order valence-corrected chi connectivity index (χ1v) is 14.6. The van der Waals surface area contributed by atoms with Gasteiger partial charge in [-0.15, -0.1) is 0 Å². The smallest absolute Gasteiger partial charge is 0.247 e. The average molecular weight is 580 g/mol. The summed E-state index contributed by atoms with van der Waals surface area (Å²) in [4.78, 5) is 25.2. The molecule has 3 rings (SSSR count). The number of benzene rings is 1. The van der Waals surface area contributed by atoms with Gasteiger partial charge in [-0.25, -0.2) is 13.5 Å². The SMILES string of the molecule is C=CC(=O)Nc1cc(Nc2ncc(Cl)c(OC3CCCN(S(C)=O)CC3)n2)c(OC)cc1N(C)CCN(C)C. The van der Waals surface area contributed by atoms with Crippen molar-refractivity contribution in [2.24, 2.45) is 0 Å². The molecule has 0 aliphatic carbocycles. The molecule has 0 spiro atoms. The summed E-state index contributed by atoms with van der Waals surface area (Å²) in [6.07, 6.45) is 6.67. The summed E-state index contributed by atoms with van der Waals surface area (Å²) in [5.74, 6) is 0.730. The van der Waals surface area contributed by atoms with E-state index in [2.05, 4.69) is 32.1 Å². The average Bonchev–Trinajstić information content (AvgIpc) is 3.15. The number of hydrogen-bond donors (Lipinski definition) is 2. The van der Waals surface area contributed by atoms with Crippen LogP contribution in [0.1, 0.15) is 19.3 Å². The highest BCUT2D eigenvalue weighted by Crippen LogP contribution is 2.38. The van der Waals surface area contributed by atoms with E-state index in [-0.39, 0.29) is 23.8 Å². The van der Waals surface area contributed by atoms with Gasteiger partial charge in [0.1, 0.15) is 16.9 Å². The molecule has 2 unspecified atom stereocenters. The van der Waals surface area contributed by atoms with Crippen LogP contribution in [-0.2, 0) is 15.8 Å². The molecule has 0 radical (unpaired) electrons. The molecule has 13 heteroatoms. The van der Waals surface area contributed by atoms with Crippen LogP contribution in [0, 0.1) is 0 Å². The second kappa shape index (κ2) is 14.5. The molecular formula is C26H38ClN7O4S. The minimum Gasteiger partial charge on any atom is -0.494 e. The number of anilines is 4. The van der Waals surface area contributed by atoms with Gasteiger partial charge in [-0.05, 0) is 45.5 Å². The molecule has 2 N–H and O–H groups in total. The number of nitrogens with zero attached hydrogens (tertiary/aromatic N) is 5. The number of ether oxygens (including phenoxy) is 2. The molecular weight excluding hydrogens is 542 g/mol. The quantitative estimate of drug-likeness (QED) is 0.365. The molecule has 1 aliphatic heterocycles. The van der Waals surface area contributed by atoms with Gasteiger partial charge in [0, 0.05) is 45.5 Å². The molecule has 1 amide bonds. The Morgan fingerprint density at radius 1 is 1.26 bits per heavy atom. The number of amides is 1. The second-order valence-electron chi connectivity index (χ2n) is 9.48. The van der Waals surface area contributed by atoms with Gasteiger partial charge in [0.25, 0.3) is 0 Å². The predicted molar refractivity (Wildman–Crippen MR) is 158 cm³/mol. The summed E-state index contributed by atoms with van der Waals surface area (Å²) in [6.45, 7) is 6.55. The van der Waals surface area contributed by atoms with Gasteiger partial charge in [0.05, 0.1) is 41.4 Å². The third-order valence-electron chi connectivity index (χ3n) is 6.29. The second-order valence-corrected chi connectivity index (χ2v) is 11.3. The van der Waals surface area contributed by atoms with E-state index in [4.69, 9.17) is 21.1 Å². The van der Waals surface area contributed by atoms with Crippen molar-refractivity contribution >= 4 is 51.5 Å². The Morgan fingerprint density at radius 2 is 2.03 bits per heavy atom. The minimum absolute atomic E-state index is 0.106. The highest BCUT2D eigenvalue weighted by molar-refractivity contribution is 7.81. The lowest BCUT2D eigenvalue weighted by Crippen LogP contribution is -2.29. The zero-order chi connectivity index (χ0) is 28.5. The predicted octanol–water partition coefficient (Wildman–Crippen LogP) is 3.53. The maximum atomic E-state index is 12.2. The van der Waals surface area contributed by atoms with E-state index in [0.717, 1.165) is 38.2 Å². The van der Waals surface area contributed by atoms with Crippen molar-refractivity contribution in [1.82, 2.24) is 19.2 Å². The van der Waals surface area contributed by atoms with Gasteiger partial charge in [-0.3, -0.25) is 4.79 Å². The fourth-order valence-corrected chi connectivity index (χ4v) is 4.98. The van der Waals surface area contributed by atoms with Crippen molar-refractivity contribution in [1.29, 1.82) is 0 Å². The molecule has 214 valence electrons. The van der Waals surface area contributed by atoms with Crippen molar-refractivity contribution in [3.05, 3.63) is 36.0 Å². The number of methoxy groups -OCH3 is 1. The number of nitrogens with one attached hydrogen (secondary N) is 2. The first-order chi connectivity index (χ1) is 18.6. The van der Waals surface area contributed by atoms with Crippen LogP contribution in [0.15, 0.2) is 31.0 Å². The van der Waals surface area contributed by atoms with Gasteiger partial charge in [-0.2, -0.15) is 4.98 Å². The number of aromatic nitrogens is 2. The van der Waals surface area contributed by atoms with Gasteiger partial charge >= 0.3 is 0 Å². The molecule has 1 aromatic heterocycles. The van der Waals surface area contributed by atoms with Gasteiger partial charge in [0.15, 0.2) is 0 Å². The number of carbonyl (C=O) groups excluding carboxylic acids is 1. The molecule has 39 heavy (non-hydrogen) atoms. The van der Waals surface area contributed by atoms with Crippen molar-refractivity contribution < 1.29 is 18.5 Å². The molecule has 1 aliphatic rings. The lowest BCUT2D eigenvalue weighted by molar-refractivity contribution is -0.111. The van der Waals surface area contributed by atoms with Crippen molar-refractivity contribution in [3.8, 4) is 11.6 Å². The van der Waals surface area contributed by atoms with E-state index in [9.17, 15) is 9.00 Å². The molecule has 2 aromatic rings. The number of halogens is 1. The van der Waals surface area contributed by atoms with Crippen LogP contribution in [0.2, 0.25) is 5.02 Å². The summed E-state index contributed by atoms with van der Waals surface area (Å²) in [5, 5.41) is 6.35. The van der Waals surface area contributed by atoms with E-state index < -0.39 is 11.0 Å². The van der Waals surface area contributed by atoms with Crippen LogP contribution in [0.4, 0.5) is 23.0 Å². The summed E-state index contributed by atoms with van der Waals surface area (Å²) < 4.78 is 25.6. The van der Waals surface area contributed by atoms with Gasteiger partial charge in [0.2, 0.25) is 17.7 Å². The summed E-state index contributed by atoms with van der Waals surface area (Å²) in [7, 11) is 6.52. The van der Waals surface area contributed by atoms with E-state index in [1.807, 2.05) is 36.4 Å². The molecule has 0 bridgehead atoms. The lowest BCUT2D eigenvalue weighted by Gasteiger charge is -2.26. The van der Waals surface area contributed by atoms with Crippen molar-refractivity contribution in [2.45, 2.75) is 25.4 Å². The fourth-order valence-electron chi connectivity index (χ4n) is 4.09. The molecule has 1 aromatic carbocycles. The first-order valence-electron chi connectivity index (χ1n) is 12.7. The van der Waals surface area contributed by atoms with Crippen LogP contribution < -0.4 is 25.0 Å². The van der Waals surface area contributed by atoms with E-state index >= 15 is 0 Å². The minimum atomic E-state index is -1.01. The Hall–Kier alpha value is -2.93. The Balaban J connectivity index is 1.86.